The van der Waals surface area contributed by atoms with Gasteiger partial charge >= 0.3 is 0 Å². The first-order chi connectivity index (χ1) is 13.3. The van der Waals surface area contributed by atoms with Gasteiger partial charge < -0.3 is 10.0 Å². The van der Waals surface area contributed by atoms with Crippen LogP contribution >= 0.6 is 0 Å². The SMILES string of the molecule is Cc1ccc(S(=O)(=O)N(C[C@H](O)CN(C)C)c2cccc3ccccc23)cc1. The Balaban J connectivity index is 2.13. The van der Waals surface area contributed by atoms with Crippen molar-refractivity contribution in [1.29, 1.82) is 0 Å². The third-order valence-electron chi connectivity index (χ3n) is 4.60. The highest BCUT2D eigenvalue weighted by Crippen LogP contribution is 2.31. The molecule has 0 aromatic heterocycles. The number of hydrogen-bond donors (Lipinski definition) is 1. The molecular weight excluding hydrogens is 372 g/mol. The highest BCUT2D eigenvalue weighted by molar-refractivity contribution is 7.92. The highest BCUT2D eigenvalue weighted by Gasteiger charge is 2.28. The van der Waals surface area contributed by atoms with Crippen LogP contribution in [0.3, 0.4) is 0 Å². The second kappa shape index (κ2) is 8.31. The molecule has 0 aliphatic carbocycles. The van der Waals surface area contributed by atoms with Gasteiger partial charge in [0.2, 0.25) is 0 Å². The molecule has 1 N–H and O–H groups in total. The van der Waals surface area contributed by atoms with Crippen LogP contribution < -0.4 is 4.31 Å². The van der Waals surface area contributed by atoms with Crippen LogP contribution in [0.4, 0.5) is 5.69 Å². The first-order valence-electron chi connectivity index (χ1n) is 9.19. The summed E-state index contributed by atoms with van der Waals surface area (Å²) in [5, 5.41) is 12.3. The monoisotopic (exact) mass is 398 g/mol. The summed E-state index contributed by atoms with van der Waals surface area (Å²) >= 11 is 0. The van der Waals surface area contributed by atoms with E-state index in [1.807, 2.05) is 62.3 Å². The molecule has 3 aromatic rings. The molecule has 28 heavy (non-hydrogen) atoms. The molecule has 5 nitrogen and oxygen atoms in total. The van der Waals surface area contributed by atoms with Crippen molar-refractivity contribution >= 4 is 26.5 Å². The van der Waals surface area contributed by atoms with E-state index in [1.165, 1.54) is 4.31 Å². The molecule has 0 unspecified atom stereocenters. The quantitative estimate of drug-likeness (QED) is 0.664. The average molecular weight is 399 g/mol. The number of fused-ring (bicyclic) bond motifs is 1. The number of hydrogen-bond acceptors (Lipinski definition) is 4. The smallest absolute Gasteiger partial charge is 0.264 e. The number of aryl methyl sites for hydroxylation is 1. The lowest BCUT2D eigenvalue weighted by Crippen LogP contribution is -2.41. The standard InChI is InChI=1S/C22H26N2O3S/c1-17-11-13-20(14-12-17)28(26,27)24(16-19(25)15-23(2)3)22-10-6-8-18-7-4-5-9-21(18)22/h4-14,19,25H,15-16H2,1-3H3/t19-/m1/s1. The fraction of sp³-hybridized carbons (Fsp3) is 0.273. The van der Waals surface area contributed by atoms with Gasteiger partial charge in [-0.3, -0.25) is 4.31 Å². The van der Waals surface area contributed by atoms with Crippen LogP contribution in [0, 0.1) is 6.92 Å². The summed E-state index contributed by atoms with van der Waals surface area (Å²) in [6, 6.07) is 20.0. The molecule has 0 spiro atoms. The van der Waals surface area contributed by atoms with Crippen molar-refractivity contribution in [3.05, 3.63) is 72.3 Å². The van der Waals surface area contributed by atoms with Crippen LogP contribution in [-0.2, 0) is 10.0 Å². The van der Waals surface area contributed by atoms with Gasteiger partial charge in [-0.15, -0.1) is 0 Å². The van der Waals surface area contributed by atoms with Gasteiger partial charge in [-0.05, 0) is 44.6 Å². The summed E-state index contributed by atoms with van der Waals surface area (Å²) in [6.45, 7) is 2.26. The minimum absolute atomic E-state index is 0.0254. The van der Waals surface area contributed by atoms with Crippen LogP contribution in [0.2, 0.25) is 0 Å². The van der Waals surface area contributed by atoms with E-state index in [1.54, 1.807) is 30.3 Å². The molecule has 0 aliphatic rings. The first-order valence-corrected chi connectivity index (χ1v) is 10.6. The van der Waals surface area contributed by atoms with Gasteiger partial charge in [-0.1, -0.05) is 54.1 Å². The maximum Gasteiger partial charge on any atom is 0.264 e. The van der Waals surface area contributed by atoms with Crippen LogP contribution in [0.15, 0.2) is 71.6 Å². The molecule has 0 amide bonds. The third kappa shape index (κ3) is 4.35. The van der Waals surface area contributed by atoms with Crippen LogP contribution in [0.1, 0.15) is 5.56 Å². The van der Waals surface area contributed by atoms with Crippen molar-refractivity contribution < 1.29 is 13.5 Å². The van der Waals surface area contributed by atoms with Crippen molar-refractivity contribution in [2.45, 2.75) is 17.9 Å². The summed E-state index contributed by atoms with van der Waals surface area (Å²) in [7, 11) is -0.144. The lowest BCUT2D eigenvalue weighted by Gasteiger charge is -2.29. The molecule has 0 aliphatic heterocycles. The second-order valence-electron chi connectivity index (χ2n) is 7.26. The maximum absolute atomic E-state index is 13.5. The zero-order valence-electron chi connectivity index (χ0n) is 16.4. The Morgan fingerprint density at radius 1 is 0.893 bits per heavy atom. The number of anilines is 1. The van der Waals surface area contributed by atoms with Gasteiger partial charge in [0.15, 0.2) is 0 Å². The molecule has 3 aromatic carbocycles. The number of sulfonamides is 1. The number of aliphatic hydroxyl groups is 1. The van der Waals surface area contributed by atoms with Crippen LogP contribution in [0.25, 0.3) is 10.8 Å². The molecule has 0 saturated heterocycles. The van der Waals surface area contributed by atoms with E-state index in [4.69, 9.17) is 0 Å². The van der Waals surface area contributed by atoms with Gasteiger partial charge in [-0.25, -0.2) is 8.42 Å². The lowest BCUT2D eigenvalue weighted by molar-refractivity contribution is 0.145. The van der Waals surface area contributed by atoms with Gasteiger partial charge in [0.05, 0.1) is 23.2 Å². The number of benzene rings is 3. The predicted octanol–water partition coefficient (Wildman–Crippen LogP) is 3.27. The highest BCUT2D eigenvalue weighted by atomic mass is 32.2. The predicted molar refractivity (Wildman–Crippen MR) is 114 cm³/mol. The van der Waals surface area contributed by atoms with Crippen LogP contribution in [-0.4, -0.2) is 51.7 Å². The van der Waals surface area contributed by atoms with E-state index in [-0.39, 0.29) is 11.4 Å². The summed E-state index contributed by atoms with van der Waals surface area (Å²) < 4.78 is 28.3. The molecule has 0 bridgehead atoms. The zero-order valence-corrected chi connectivity index (χ0v) is 17.2. The van der Waals surface area contributed by atoms with Crippen molar-refractivity contribution in [2.24, 2.45) is 0 Å². The van der Waals surface area contributed by atoms with Gasteiger partial charge in [0.25, 0.3) is 10.0 Å². The Bertz CT molecular complexity index is 1040. The Hall–Kier alpha value is -2.41. The van der Waals surface area contributed by atoms with E-state index in [0.29, 0.717) is 12.2 Å². The molecule has 0 saturated carbocycles. The van der Waals surface area contributed by atoms with E-state index >= 15 is 0 Å². The maximum atomic E-state index is 13.5. The number of rotatable bonds is 7. The Morgan fingerprint density at radius 2 is 1.54 bits per heavy atom. The fourth-order valence-electron chi connectivity index (χ4n) is 3.26. The van der Waals surface area contributed by atoms with E-state index in [2.05, 4.69) is 0 Å². The largest absolute Gasteiger partial charge is 0.390 e. The van der Waals surface area contributed by atoms with E-state index < -0.39 is 16.1 Å². The summed E-state index contributed by atoms with van der Waals surface area (Å²) in [4.78, 5) is 2.05. The normalized spacial score (nSPS) is 13.0. The molecule has 0 heterocycles. The number of nitrogens with zero attached hydrogens (tertiary/aromatic N) is 2. The van der Waals surface area contributed by atoms with Gasteiger partial charge in [0.1, 0.15) is 0 Å². The molecule has 1 atom stereocenters. The van der Waals surface area contributed by atoms with Gasteiger partial charge in [-0.2, -0.15) is 0 Å². The zero-order chi connectivity index (χ0) is 20.3. The topological polar surface area (TPSA) is 60.9 Å². The summed E-state index contributed by atoms with van der Waals surface area (Å²) in [5.74, 6) is 0. The lowest BCUT2D eigenvalue weighted by atomic mass is 10.1. The Kier molecular flexibility index (Phi) is 6.03. The van der Waals surface area contributed by atoms with Crippen molar-refractivity contribution in [2.75, 3.05) is 31.5 Å². The average Bonchev–Trinajstić information content (AvgIpc) is 2.65. The van der Waals surface area contributed by atoms with Crippen molar-refractivity contribution in [3.63, 3.8) is 0 Å². The molecule has 0 fully saturated rings. The van der Waals surface area contributed by atoms with Gasteiger partial charge in [0, 0.05) is 11.9 Å². The third-order valence-corrected chi connectivity index (χ3v) is 6.39. The summed E-state index contributed by atoms with van der Waals surface area (Å²) in [5.41, 5.74) is 1.56. The van der Waals surface area contributed by atoms with Crippen molar-refractivity contribution in [1.82, 2.24) is 4.90 Å². The first kappa shape index (κ1) is 20.3. The molecule has 0 radical (unpaired) electrons. The number of likely N-dealkylation sites (N-methyl/N-ethyl adjacent to an activating group) is 1. The Morgan fingerprint density at radius 3 is 2.21 bits per heavy atom. The van der Waals surface area contributed by atoms with Crippen LogP contribution in [0.5, 0.6) is 0 Å². The Labute approximate surface area is 166 Å². The molecule has 148 valence electrons. The number of aliphatic hydroxyl groups excluding tert-OH is 1. The second-order valence-corrected chi connectivity index (χ2v) is 9.13. The fourth-order valence-corrected chi connectivity index (χ4v) is 4.78. The molecular formula is C22H26N2O3S. The van der Waals surface area contributed by atoms with E-state index in [9.17, 15) is 13.5 Å². The molecule has 6 heteroatoms. The minimum atomic E-state index is -3.84. The van der Waals surface area contributed by atoms with Crippen molar-refractivity contribution in [3.8, 4) is 0 Å². The summed E-state index contributed by atoms with van der Waals surface area (Å²) in [6.07, 6.45) is -0.825. The molecule has 3 rings (SSSR count). The van der Waals surface area contributed by atoms with E-state index in [0.717, 1.165) is 16.3 Å². The minimum Gasteiger partial charge on any atom is -0.390 e.